The summed E-state index contributed by atoms with van der Waals surface area (Å²) < 4.78 is 60.9. The van der Waals surface area contributed by atoms with Crippen LogP contribution in [0.1, 0.15) is 32.6 Å². The quantitative estimate of drug-likeness (QED) is 0.341. The number of pyridine rings is 1. The van der Waals surface area contributed by atoms with Crippen molar-refractivity contribution in [3.05, 3.63) is 48.4 Å². The Morgan fingerprint density at radius 2 is 1.60 bits per heavy atom. The maximum absolute atomic E-state index is 14.9. The molecule has 3 aliphatic rings. The number of halogens is 1. The minimum Gasteiger partial charge on any atom is -0.491 e. The van der Waals surface area contributed by atoms with Crippen molar-refractivity contribution < 1.29 is 26.9 Å². The summed E-state index contributed by atoms with van der Waals surface area (Å²) in [5.41, 5.74) is 1.15. The van der Waals surface area contributed by atoms with Gasteiger partial charge < -0.3 is 19.6 Å². The fourth-order valence-corrected chi connectivity index (χ4v) is 9.44. The molecule has 10 nitrogen and oxygen atoms in total. The van der Waals surface area contributed by atoms with E-state index >= 15 is 0 Å². The van der Waals surface area contributed by atoms with Crippen LogP contribution >= 0.6 is 0 Å². The number of fused-ring (bicyclic) bond motifs is 1. The van der Waals surface area contributed by atoms with Gasteiger partial charge in [0.1, 0.15) is 4.90 Å². The number of rotatable bonds is 10. The Bertz CT molecular complexity index is 1690. The maximum atomic E-state index is 14.9. The number of nitrogens with zero attached hydrogens (tertiary/aromatic N) is 5. The predicted molar refractivity (Wildman–Crippen MR) is 182 cm³/mol. The second-order valence-corrected chi connectivity index (χ2v) is 16.0. The van der Waals surface area contributed by atoms with Crippen LogP contribution in [-0.2, 0) is 20.6 Å². The lowest BCUT2D eigenvalue weighted by atomic mass is 9.96. The second kappa shape index (κ2) is 14.8. The molecule has 1 aromatic heterocycles. The largest absolute Gasteiger partial charge is 0.491 e. The molecule has 3 saturated heterocycles. The lowest BCUT2D eigenvalue weighted by Gasteiger charge is -2.46. The molecule has 3 fully saturated rings. The molecule has 13 heteroatoms. The van der Waals surface area contributed by atoms with Crippen LogP contribution in [0, 0.1) is 5.82 Å². The molecule has 0 amide bonds. The van der Waals surface area contributed by atoms with Gasteiger partial charge >= 0.3 is 0 Å². The van der Waals surface area contributed by atoms with Crippen LogP contribution in [-0.4, -0.2) is 128 Å². The third-order valence-corrected chi connectivity index (χ3v) is 12.7. The van der Waals surface area contributed by atoms with E-state index in [0.29, 0.717) is 46.7 Å². The number of hydrogen-bond acceptors (Lipinski definition) is 10. The number of aliphatic hydroxyl groups excluding tert-OH is 1. The van der Waals surface area contributed by atoms with Crippen LogP contribution in [0.15, 0.2) is 57.3 Å². The Balaban J connectivity index is 1.21. The van der Waals surface area contributed by atoms with Crippen LogP contribution in [0.25, 0.3) is 10.9 Å². The second-order valence-electron chi connectivity index (χ2n) is 12.7. The van der Waals surface area contributed by atoms with Crippen LogP contribution in [0.2, 0.25) is 0 Å². The van der Waals surface area contributed by atoms with E-state index in [1.807, 2.05) is 0 Å². The van der Waals surface area contributed by atoms with Crippen molar-refractivity contribution in [2.24, 2.45) is 0 Å². The highest BCUT2D eigenvalue weighted by molar-refractivity contribution is 7.91. The standard InChI is InChI=1S/C34H46FN5O5S2/c1-3-45-32-7-5-28(23-30(32)35)47(43,44)33-24-36-31-6-4-27(46(2)42)22-29(31)34(33)40-14-10-25(11-15-40)38-12-8-26(9-13-38)39-18-16-37(17-19-39)20-21-41/h4-7,22-26,41H,3,8-21H2,1-2H3/t46-/m1/s1. The maximum Gasteiger partial charge on any atom is 0.210 e. The summed E-state index contributed by atoms with van der Waals surface area (Å²) in [4.78, 5) is 14.6. The van der Waals surface area contributed by atoms with Gasteiger partial charge in [0.25, 0.3) is 0 Å². The van der Waals surface area contributed by atoms with E-state index in [1.165, 1.54) is 18.3 Å². The fraction of sp³-hybridized carbons (Fsp3) is 0.559. The third kappa shape index (κ3) is 7.35. The first kappa shape index (κ1) is 34.2. The van der Waals surface area contributed by atoms with Gasteiger partial charge in [-0.2, -0.15) is 0 Å². The van der Waals surface area contributed by atoms with Crippen LogP contribution < -0.4 is 9.64 Å². The van der Waals surface area contributed by atoms with E-state index in [0.717, 1.165) is 77.6 Å². The third-order valence-electron chi connectivity index (χ3n) is 10.0. The van der Waals surface area contributed by atoms with E-state index in [1.54, 1.807) is 31.4 Å². The van der Waals surface area contributed by atoms with Gasteiger partial charge in [-0.3, -0.25) is 19.0 Å². The number of hydrogen-bond donors (Lipinski definition) is 1. The Labute approximate surface area is 279 Å². The molecule has 2 aromatic carbocycles. The highest BCUT2D eigenvalue weighted by Gasteiger charge is 2.34. The normalized spacial score (nSPS) is 20.6. The van der Waals surface area contributed by atoms with Crippen molar-refractivity contribution >= 4 is 37.2 Å². The van der Waals surface area contributed by atoms with Crippen molar-refractivity contribution in [3.63, 3.8) is 0 Å². The summed E-state index contributed by atoms with van der Waals surface area (Å²) in [6.45, 7) is 10.6. The molecule has 0 bridgehead atoms. The molecule has 0 unspecified atom stereocenters. The summed E-state index contributed by atoms with van der Waals surface area (Å²) >= 11 is 0. The van der Waals surface area contributed by atoms with Gasteiger partial charge in [-0.1, -0.05) is 0 Å². The van der Waals surface area contributed by atoms with Crippen molar-refractivity contribution in [1.82, 2.24) is 19.7 Å². The van der Waals surface area contributed by atoms with Crippen molar-refractivity contribution in [1.29, 1.82) is 0 Å². The molecule has 3 aliphatic heterocycles. The number of likely N-dealkylation sites (tertiary alicyclic amines) is 1. The zero-order valence-corrected chi connectivity index (χ0v) is 28.9. The number of aliphatic hydroxyl groups is 1. The van der Waals surface area contributed by atoms with E-state index in [-0.39, 0.29) is 28.8 Å². The van der Waals surface area contributed by atoms with Crippen molar-refractivity contribution in [2.75, 3.05) is 83.3 Å². The number of benzene rings is 2. The Kier molecular flexibility index (Phi) is 10.8. The average Bonchev–Trinajstić information content (AvgIpc) is 3.09. The first-order chi connectivity index (χ1) is 22.7. The first-order valence-electron chi connectivity index (χ1n) is 16.7. The molecular weight excluding hydrogens is 642 g/mol. The number of piperazine rings is 1. The molecule has 0 saturated carbocycles. The van der Waals surface area contributed by atoms with Gasteiger partial charge in [-0.15, -0.1) is 0 Å². The summed E-state index contributed by atoms with van der Waals surface area (Å²) in [6.07, 6.45) is 7.06. The Morgan fingerprint density at radius 1 is 0.936 bits per heavy atom. The molecule has 0 aliphatic carbocycles. The molecule has 1 N–H and O–H groups in total. The molecular formula is C34H46FN5O5S2. The topological polar surface area (TPSA) is 107 Å². The van der Waals surface area contributed by atoms with Crippen molar-refractivity contribution in [2.45, 2.75) is 59.4 Å². The number of anilines is 1. The van der Waals surface area contributed by atoms with E-state index in [4.69, 9.17) is 4.74 Å². The van der Waals surface area contributed by atoms with Crippen LogP contribution in [0.3, 0.4) is 0 Å². The average molecular weight is 688 g/mol. The summed E-state index contributed by atoms with van der Waals surface area (Å²) in [5, 5.41) is 9.88. The molecule has 1 atom stereocenters. The van der Waals surface area contributed by atoms with Crippen LogP contribution in [0.4, 0.5) is 10.1 Å². The van der Waals surface area contributed by atoms with E-state index in [2.05, 4.69) is 24.6 Å². The monoisotopic (exact) mass is 687 g/mol. The molecule has 4 heterocycles. The molecule has 47 heavy (non-hydrogen) atoms. The van der Waals surface area contributed by atoms with Crippen molar-refractivity contribution in [3.8, 4) is 5.75 Å². The van der Waals surface area contributed by atoms with Gasteiger partial charge in [0, 0.05) is 91.4 Å². The highest BCUT2D eigenvalue weighted by Crippen LogP contribution is 2.39. The van der Waals surface area contributed by atoms with E-state index < -0.39 is 26.5 Å². The smallest absolute Gasteiger partial charge is 0.210 e. The fourth-order valence-electron chi connectivity index (χ4n) is 7.45. The first-order valence-corrected chi connectivity index (χ1v) is 19.7. The lowest BCUT2D eigenvalue weighted by Crippen LogP contribution is -2.55. The number of piperidine rings is 2. The Hall–Kier alpha value is -2.68. The minimum atomic E-state index is -4.16. The summed E-state index contributed by atoms with van der Waals surface area (Å²) in [7, 11) is -5.43. The molecule has 3 aromatic rings. The molecule has 6 rings (SSSR count). The zero-order chi connectivity index (χ0) is 33.1. The predicted octanol–water partition coefficient (Wildman–Crippen LogP) is 3.39. The highest BCUT2D eigenvalue weighted by atomic mass is 32.2. The number of aromatic nitrogens is 1. The van der Waals surface area contributed by atoms with Gasteiger partial charge in [-0.25, -0.2) is 12.8 Å². The van der Waals surface area contributed by atoms with E-state index in [9.17, 15) is 22.1 Å². The van der Waals surface area contributed by atoms with Gasteiger partial charge in [0.05, 0.1) is 29.3 Å². The number of β-amino-alcohol motifs (C(OH)–C–C–N with tert-alkyl or cyclic N) is 1. The lowest BCUT2D eigenvalue weighted by molar-refractivity contribution is 0.0396. The number of ether oxygens (including phenoxy) is 1. The van der Waals surface area contributed by atoms with Gasteiger partial charge in [0.2, 0.25) is 9.84 Å². The van der Waals surface area contributed by atoms with Gasteiger partial charge in [-0.05, 0) is 82.1 Å². The summed E-state index contributed by atoms with van der Waals surface area (Å²) in [6, 6.07) is 10.1. The summed E-state index contributed by atoms with van der Waals surface area (Å²) in [5.74, 6) is -0.731. The minimum absolute atomic E-state index is 0.00473. The van der Waals surface area contributed by atoms with Crippen LogP contribution in [0.5, 0.6) is 5.75 Å². The van der Waals surface area contributed by atoms with Gasteiger partial charge in [0.15, 0.2) is 11.6 Å². The molecule has 256 valence electrons. The number of sulfone groups is 1. The molecule has 0 spiro atoms. The zero-order valence-electron chi connectivity index (χ0n) is 27.3. The Morgan fingerprint density at radius 3 is 2.21 bits per heavy atom. The SMILES string of the molecule is CCOc1ccc(S(=O)(=O)c2cnc3ccc([S@@](C)=O)cc3c2N2CCC(N3CCC(N4CCN(CCO)CC4)CC3)CC2)cc1F. The molecule has 0 radical (unpaired) electrons.